The van der Waals surface area contributed by atoms with Crippen LogP contribution in [-0.2, 0) is 0 Å². The summed E-state index contributed by atoms with van der Waals surface area (Å²) in [4.78, 5) is 12.0. The molecule has 0 saturated heterocycles. The molecule has 0 fully saturated rings. The Morgan fingerprint density at radius 1 is 1.00 bits per heavy atom. The van der Waals surface area contributed by atoms with Crippen molar-refractivity contribution in [1.82, 2.24) is 0 Å². The minimum Gasteiger partial charge on any atom is -0.422 e. The van der Waals surface area contributed by atoms with Crippen molar-refractivity contribution in [2.24, 2.45) is 0 Å². The Labute approximate surface area is 113 Å². The van der Waals surface area contributed by atoms with Crippen LogP contribution in [0.2, 0.25) is 0 Å². The van der Waals surface area contributed by atoms with Gasteiger partial charge in [0, 0.05) is 10.9 Å². The predicted octanol–water partition coefficient (Wildman–Crippen LogP) is 3.89. The molecule has 2 nitrogen and oxygen atoms in total. The summed E-state index contributed by atoms with van der Waals surface area (Å²) >= 11 is 4.22. The van der Waals surface area contributed by atoms with E-state index in [2.05, 4.69) is 12.6 Å². The van der Waals surface area contributed by atoms with E-state index in [1.54, 1.807) is 24.3 Å². The van der Waals surface area contributed by atoms with Gasteiger partial charge in [-0.2, -0.15) is 0 Å². The molecule has 3 rings (SSSR count). The summed E-state index contributed by atoms with van der Waals surface area (Å²) in [5, 5.41) is 0.777. The zero-order valence-corrected chi connectivity index (χ0v) is 10.7. The van der Waals surface area contributed by atoms with Crippen LogP contribution in [0, 0.1) is 5.82 Å². The maximum Gasteiger partial charge on any atom is 0.350 e. The average Bonchev–Trinajstić information content (AvgIpc) is 2.42. The van der Waals surface area contributed by atoms with Crippen molar-refractivity contribution in [1.29, 1.82) is 0 Å². The van der Waals surface area contributed by atoms with E-state index in [1.165, 1.54) is 12.1 Å². The van der Waals surface area contributed by atoms with Crippen LogP contribution < -0.4 is 5.63 Å². The summed E-state index contributed by atoms with van der Waals surface area (Å²) in [5.41, 5.74) is 1.39. The fourth-order valence-corrected chi connectivity index (χ4v) is 2.34. The van der Waals surface area contributed by atoms with E-state index >= 15 is 0 Å². The van der Waals surface area contributed by atoms with Crippen LogP contribution in [0.4, 0.5) is 4.39 Å². The number of benzene rings is 2. The smallest absolute Gasteiger partial charge is 0.350 e. The Kier molecular flexibility index (Phi) is 2.87. The van der Waals surface area contributed by atoms with Crippen molar-refractivity contribution >= 4 is 23.6 Å². The van der Waals surface area contributed by atoms with Gasteiger partial charge in [-0.25, -0.2) is 9.18 Å². The molecule has 2 aromatic carbocycles. The Hall–Kier alpha value is -2.07. The van der Waals surface area contributed by atoms with Crippen LogP contribution >= 0.6 is 12.6 Å². The molecule has 0 aliphatic rings. The molecule has 0 atom stereocenters. The molecule has 1 heterocycles. The number of para-hydroxylation sites is 1. The van der Waals surface area contributed by atoms with Gasteiger partial charge >= 0.3 is 5.63 Å². The number of thiol groups is 1. The first-order chi connectivity index (χ1) is 9.16. The van der Waals surface area contributed by atoms with Crippen molar-refractivity contribution in [2.75, 3.05) is 0 Å². The fraction of sp³-hybridized carbons (Fsp3) is 0. The van der Waals surface area contributed by atoms with Gasteiger partial charge in [-0.05, 0) is 23.8 Å². The molecule has 1 aromatic heterocycles. The first-order valence-corrected chi connectivity index (χ1v) is 6.12. The van der Waals surface area contributed by atoms with Gasteiger partial charge in [0.1, 0.15) is 11.4 Å². The fourth-order valence-electron chi connectivity index (χ4n) is 2.05. The predicted molar refractivity (Wildman–Crippen MR) is 75.1 cm³/mol. The lowest BCUT2D eigenvalue weighted by Gasteiger charge is -2.08. The van der Waals surface area contributed by atoms with Gasteiger partial charge in [0.05, 0.1) is 4.90 Å². The summed E-state index contributed by atoms with van der Waals surface area (Å²) in [7, 11) is 0. The van der Waals surface area contributed by atoms with E-state index in [4.69, 9.17) is 4.42 Å². The minimum absolute atomic E-state index is 0.227. The Balaban J connectivity index is 2.42. The van der Waals surface area contributed by atoms with Crippen molar-refractivity contribution in [3.63, 3.8) is 0 Å². The summed E-state index contributed by atoms with van der Waals surface area (Å²) in [6.07, 6.45) is 0. The van der Waals surface area contributed by atoms with Crippen LogP contribution in [0.3, 0.4) is 0 Å². The second kappa shape index (κ2) is 4.55. The Morgan fingerprint density at radius 2 is 1.68 bits per heavy atom. The maximum absolute atomic E-state index is 13.0. The standard InChI is InChI=1S/C15H9FO2S/c16-10-7-5-9(6-8-10)13-11-3-1-2-4-12(11)18-15(17)14(13)19/h1-8,19H. The highest BCUT2D eigenvalue weighted by Gasteiger charge is 2.13. The number of halogens is 1. The van der Waals surface area contributed by atoms with Gasteiger partial charge in [-0.1, -0.05) is 30.3 Å². The molecule has 94 valence electrons. The highest BCUT2D eigenvalue weighted by Crippen LogP contribution is 2.31. The SMILES string of the molecule is O=c1oc2ccccc2c(-c2ccc(F)cc2)c1S. The number of hydrogen-bond acceptors (Lipinski definition) is 3. The molecule has 0 N–H and O–H groups in total. The summed E-state index contributed by atoms with van der Waals surface area (Å²) in [6, 6.07) is 13.2. The van der Waals surface area contributed by atoms with Gasteiger partial charge < -0.3 is 4.42 Å². The molecule has 4 heteroatoms. The molecule has 3 aromatic rings. The van der Waals surface area contributed by atoms with E-state index in [-0.39, 0.29) is 10.7 Å². The lowest BCUT2D eigenvalue weighted by molar-refractivity contribution is 0.545. The topological polar surface area (TPSA) is 30.2 Å². The maximum atomic E-state index is 13.0. The monoisotopic (exact) mass is 272 g/mol. The van der Waals surface area contributed by atoms with Crippen LogP contribution in [-0.4, -0.2) is 0 Å². The first kappa shape index (κ1) is 12.0. The number of rotatable bonds is 1. The largest absolute Gasteiger partial charge is 0.422 e. The number of hydrogen-bond donors (Lipinski definition) is 1. The highest BCUT2D eigenvalue weighted by molar-refractivity contribution is 7.80. The number of fused-ring (bicyclic) bond motifs is 1. The molecule has 0 aliphatic carbocycles. The third kappa shape index (κ3) is 2.04. The summed E-state index contributed by atoms with van der Waals surface area (Å²) < 4.78 is 18.2. The van der Waals surface area contributed by atoms with Gasteiger partial charge in [-0.3, -0.25) is 0 Å². The van der Waals surface area contributed by atoms with Crippen LogP contribution in [0.25, 0.3) is 22.1 Å². The molecule has 0 saturated carbocycles. The molecule has 0 unspecified atom stereocenters. The molecular weight excluding hydrogens is 263 g/mol. The van der Waals surface area contributed by atoms with Crippen LogP contribution in [0.15, 0.2) is 62.6 Å². The summed E-state index contributed by atoms with van der Waals surface area (Å²) in [5.74, 6) is -0.322. The molecule has 0 aliphatic heterocycles. The second-order valence-electron chi connectivity index (χ2n) is 4.12. The van der Waals surface area contributed by atoms with Gasteiger partial charge in [0.25, 0.3) is 0 Å². The highest BCUT2D eigenvalue weighted by atomic mass is 32.1. The first-order valence-electron chi connectivity index (χ1n) is 5.67. The van der Waals surface area contributed by atoms with E-state index < -0.39 is 5.63 Å². The normalized spacial score (nSPS) is 10.8. The Morgan fingerprint density at radius 3 is 2.42 bits per heavy atom. The molecule has 19 heavy (non-hydrogen) atoms. The zero-order valence-electron chi connectivity index (χ0n) is 9.76. The van der Waals surface area contributed by atoms with Crippen LogP contribution in [0.5, 0.6) is 0 Å². The van der Waals surface area contributed by atoms with Gasteiger partial charge in [0.2, 0.25) is 0 Å². The van der Waals surface area contributed by atoms with E-state index in [9.17, 15) is 9.18 Å². The minimum atomic E-state index is -0.499. The summed E-state index contributed by atoms with van der Waals surface area (Å²) in [6.45, 7) is 0. The van der Waals surface area contributed by atoms with E-state index in [0.29, 0.717) is 11.1 Å². The van der Waals surface area contributed by atoms with E-state index in [1.807, 2.05) is 12.1 Å². The van der Waals surface area contributed by atoms with Crippen molar-refractivity contribution in [2.45, 2.75) is 4.90 Å². The van der Waals surface area contributed by atoms with E-state index in [0.717, 1.165) is 10.9 Å². The molecular formula is C15H9FO2S. The molecule has 0 radical (unpaired) electrons. The van der Waals surface area contributed by atoms with Crippen molar-refractivity contribution in [3.05, 3.63) is 64.8 Å². The Bertz CT molecular complexity index is 806. The average molecular weight is 272 g/mol. The third-order valence-electron chi connectivity index (χ3n) is 2.92. The molecule has 0 bridgehead atoms. The second-order valence-corrected chi connectivity index (χ2v) is 4.56. The quantitative estimate of drug-likeness (QED) is 0.538. The lowest BCUT2D eigenvalue weighted by atomic mass is 10.0. The lowest BCUT2D eigenvalue weighted by Crippen LogP contribution is -2.02. The molecule has 0 amide bonds. The van der Waals surface area contributed by atoms with Crippen molar-refractivity contribution in [3.8, 4) is 11.1 Å². The van der Waals surface area contributed by atoms with Crippen LogP contribution in [0.1, 0.15) is 0 Å². The molecule has 0 spiro atoms. The zero-order chi connectivity index (χ0) is 13.4. The third-order valence-corrected chi connectivity index (χ3v) is 3.33. The van der Waals surface area contributed by atoms with Gasteiger partial charge in [0.15, 0.2) is 0 Å². The van der Waals surface area contributed by atoms with Crippen molar-refractivity contribution < 1.29 is 8.81 Å². The van der Waals surface area contributed by atoms with Gasteiger partial charge in [-0.15, -0.1) is 12.6 Å².